The molecule has 1 aromatic rings. The molecule has 1 aliphatic rings. The molecule has 1 saturated heterocycles. The number of nitrogens with zero attached hydrogens (tertiary/aromatic N) is 1. The number of unbranched alkanes of at least 4 members (excludes halogenated alkanes) is 1. The largest absolute Gasteiger partial charge is 0.371 e. The van der Waals surface area contributed by atoms with Gasteiger partial charge in [-0.3, -0.25) is 0 Å². The van der Waals surface area contributed by atoms with Crippen LogP contribution < -0.4 is 5.73 Å². The molecule has 90 valence electrons. The molecule has 2 atom stereocenters. The van der Waals surface area contributed by atoms with Crippen molar-refractivity contribution in [1.82, 2.24) is 4.98 Å². The zero-order valence-electron chi connectivity index (χ0n) is 9.82. The van der Waals surface area contributed by atoms with Crippen molar-refractivity contribution in [3.8, 4) is 0 Å². The van der Waals surface area contributed by atoms with Crippen LogP contribution in [0.1, 0.15) is 61.9 Å². The zero-order chi connectivity index (χ0) is 11.4. The van der Waals surface area contributed by atoms with Crippen LogP contribution in [0.5, 0.6) is 0 Å². The Morgan fingerprint density at radius 3 is 3.25 bits per heavy atom. The van der Waals surface area contributed by atoms with Gasteiger partial charge in [-0.25, -0.2) is 4.98 Å². The maximum atomic E-state index is 6.10. The Morgan fingerprint density at radius 1 is 1.69 bits per heavy atom. The second kappa shape index (κ2) is 5.75. The van der Waals surface area contributed by atoms with Gasteiger partial charge < -0.3 is 10.5 Å². The molecule has 1 aliphatic heterocycles. The van der Waals surface area contributed by atoms with Crippen LogP contribution in [0.3, 0.4) is 0 Å². The minimum atomic E-state index is 0.103. The first kappa shape index (κ1) is 12.0. The van der Waals surface area contributed by atoms with E-state index < -0.39 is 0 Å². The molecule has 0 radical (unpaired) electrons. The van der Waals surface area contributed by atoms with Crippen LogP contribution in [-0.4, -0.2) is 11.6 Å². The fraction of sp³-hybridized carbons (Fsp3) is 0.750. The number of aromatic nitrogens is 1. The van der Waals surface area contributed by atoms with Gasteiger partial charge in [-0.05, 0) is 19.3 Å². The molecule has 16 heavy (non-hydrogen) atoms. The number of ether oxygens (including phenoxy) is 1. The zero-order valence-corrected chi connectivity index (χ0v) is 10.6. The summed E-state index contributed by atoms with van der Waals surface area (Å²) in [5.74, 6) is 0. The molecule has 3 nitrogen and oxygen atoms in total. The highest BCUT2D eigenvalue weighted by Gasteiger charge is 2.21. The SMILES string of the molecule is CCCCC(N)c1csc(C2CCCO2)n1. The highest BCUT2D eigenvalue weighted by atomic mass is 32.1. The fourth-order valence-electron chi connectivity index (χ4n) is 1.96. The molecule has 1 fully saturated rings. The molecular weight excluding hydrogens is 220 g/mol. The molecule has 0 aromatic carbocycles. The van der Waals surface area contributed by atoms with E-state index in [-0.39, 0.29) is 12.1 Å². The third-order valence-corrected chi connectivity index (χ3v) is 3.95. The number of hydrogen-bond donors (Lipinski definition) is 1. The molecular formula is C12H20N2OS. The van der Waals surface area contributed by atoms with Crippen molar-refractivity contribution >= 4 is 11.3 Å². The van der Waals surface area contributed by atoms with Gasteiger partial charge in [0, 0.05) is 18.0 Å². The third kappa shape index (κ3) is 2.81. The van der Waals surface area contributed by atoms with Gasteiger partial charge in [0.2, 0.25) is 0 Å². The van der Waals surface area contributed by atoms with Crippen molar-refractivity contribution in [3.05, 3.63) is 16.1 Å². The van der Waals surface area contributed by atoms with Gasteiger partial charge >= 0.3 is 0 Å². The van der Waals surface area contributed by atoms with E-state index in [0.717, 1.165) is 36.6 Å². The molecule has 0 aliphatic carbocycles. The van der Waals surface area contributed by atoms with Crippen LogP contribution in [0.4, 0.5) is 0 Å². The number of rotatable bonds is 5. The summed E-state index contributed by atoms with van der Waals surface area (Å²) in [6.45, 7) is 3.06. The van der Waals surface area contributed by atoms with Crippen molar-refractivity contribution in [2.75, 3.05) is 6.61 Å². The van der Waals surface area contributed by atoms with Crippen molar-refractivity contribution in [2.45, 2.75) is 51.2 Å². The predicted molar refractivity (Wildman–Crippen MR) is 66.5 cm³/mol. The number of thiazole rings is 1. The van der Waals surface area contributed by atoms with Crippen LogP contribution in [0.2, 0.25) is 0 Å². The average molecular weight is 240 g/mol. The van der Waals surface area contributed by atoms with Crippen molar-refractivity contribution in [2.24, 2.45) is 5.73 Å². The summed E-state index contributed by atoms with van der Waals surface area (Å²) in [5.41, 5.74) is 7.14. The van der Waals surface area contributed by atoms with E-state index in [2.05, 4.69) is 17.3 Å². The highest BCUT2D eigenvalue weighted by molar-refractivity contribution is 7.09. The first-order chi connectivity index (χ1) is 7.81. The van der Waals surface area contributed by atoms with Crippen LogP contribution in [0.15, 0.2) is 5.38 Å². The summed E-state index contributed by atoms with van der Waals surface area (Å²) >= 11 is 1.69. The second-order valence-electron chi connectivity index (χ2n) is 4.36. The van der Waals surface area contributed by atoms with Gasteiger partial charge in [0.05, 0.1) is 5.69 Å². The lowest BCUT2D eigenvalue weighted by atomic mass is 10.1. The third-order valence-electron chi connectivity index (χ3n) is 2.99. The van der Waals surface area contributed by atoms with Crippen LogP contribution in [-0.2, 0) is 4.74 Å². The predicted octanol–water partition coefficient (Wildman–Crippen LogP) is 3.18. The monoisotopic (exact) mass is 240 g/mol. The summed E-state index contributed by atoms with van der Waals surface area (Å²) in [7, 11) is 0. The van der Waals surface area contributed by atoms with E-state index in [4.69, 9.17) is 10.5 Å². The molecule has 0 bridgehead atoms. The molecule has 0 saturated carbocycles. The summed E-state index contributed by atoms with van der Waals surface area (Å²) < 4.78 is 5.62. The minimum absolute atomic E-state index is 0.103. The Hall–Kier alpha value is -0.450. The van der Waals surface area contributed by atoms with E-state index in [1.165, 1.54) is 12.8 Å². The number of nitrogens with two attached hydrogens (primary N) is 1. The van der Waals surface area contributed by atoms with Crippen molar-refractivity contribution in [1.29, 1.82) is 0 Å². The van der Waals surface area contributed by atoms with E-state index in [0.29, 0.717) is 0 Å². The molecule has 1 aromatic heterocycles. The van der Waals surface area contributed by atoms with Crippen molar-refractivity contribution in [3.63, 3.8) is 0 Å². The summed E-state index contributed by atoms with van der Waals surface area (Å²) in [6, 6.07) is 0.103. The molecule has 2 rings (SSSR count). The molecule has 2 unspecified atom stereocenters. The van der Waals surface area contributed by atoms with Crippen LogP contribution in [0.25, 0.3) is 0 Å². The summed E-state index contributed by atoms with van der Waals surface area (Å²) in [4.78, 5) is 4.61. The topological polar surface area (TPSA) is 48.1 Å². The lowest BCUT2D eigenvalue weighted by molar-refractivity contribution is 0.111. The van der Waals surface area contributed by atoms with E-state index >= 15 is 0 Å². The van der Waals surface area contributed by atoms with Gasteiger partial charge in [-0.2, -0.15) is 0 Å². The Labute approximate surface area is 101 Å². The van der Waals surface area contributed by atoms with E-state index in [9.17, 15) is 0 Å². The second-order valence-corrected chi connectivity index (χ2v) is 5.25. The summed E-state index contributed by atoms with van der Waals surface area (Å²) in [6.07, 6.45) is 5.89. The minimum Gasteiger partial charge on any atom is -0.371 e. The first-order valence-electron chi connectivity index (χ1n) is 6.13. The van der Waals surface area contributed by atoms with Gasteiger partial charge in [-0.1, -0.05) is 19.8 Å². The normalized spacial score (nSPS) is 22.5. The fourth-order valence-corrected chi connectivity index (χ4v) is 2.93. The Bertz CT molecular complexity index is 321. The smallest absolute Gasteiger partial charge is 0.122 e. The Balaban J connectivity index is 1.95. The van der Waals surface area contributed by atoms with Gasteiger partial charge in [0.25, 0.3) is 0 Å². The van der Waals surface area contributed by atoms with Crippen molar-refractivity contribution < 1.29 is 4.74 Å². The molecule has 0 spiro atoms. The molecule has 2 N–H and O–H groups in total. The van der Waals surface area contributed by atoms with E-state index in [1.54, 1.807) is 11.3 Å². The molecule has 4 heteroatoms. The van der Waals surface area contributed by atoms with Gasteiger partial charge in [-0.15, -0.1) is 11.3 Å². The quantitative estimate of drug-likeness (QED) is 0.860. The Kier molecular flexibility index (Phi) is 4.32. The van der Waals surface area contributed by atoms with Gasteiger partial charge in [0.15, 0.2) is 0 Å². The standard InChI is InChI=1S/C12H20N2OS/c1-2-3-5-9(13)10-8-16-12(14-10)11-6-4-7-15-11/h8-9,11H,2-7,13H2,1H3. The van der Waals surface area contributed by atoms with E-state index in [1.807, 2.05) is 0 Å². The van der Waals surface area contributed by atoms with Gasteiger partial charge in [0.1, 0.15) is 11.1 Å². The molecule has 2 heterocycles. The lowest BCUT2D eigenvalue weighted by Gasteiger charge is -2.08. The van der Waals surface area contributed by atoms with Crippen LogP contribution in [0, 0.1) is 0 Å². The highest BCUT2D eigenvalue weighted by Crippen LogP contribution is 2.32. The maximum absolute atomic E-state index is 6.10. The molecule has 0 amide bonds. The Morgan fingerprint density at radius 2 is 2.56 bits per heavy atom. The lowest BCUT2D eigenvalue weighted by Crippen LogP contribution is -2.10. The van der Waals surface area contributed by atoms with Crippen LogP contribution >= 0.6 is 11.3 Å². The average Bonchev–Trinajstić information content (AvgIpc) is 2.94. The first-order valence-corrected chi connectivity index (χ1v) is 7.01. The number of hydrogen-bond acceptors (Lipinski definition) is 4. The summed E-state index contributed by atoms with van der Waals surface area (Å²) in [5, 5.41) is 3.21. The maximum Gasteiger partial charge on any atom is 0.122 e.